The Morgan fingerprint density at radius 1 is 1.31 bits per heavy atom. The zero-order valence-electron chi connectivity index (χ0n) is 7.80. The highest BCUT2D eigenvalue weighted by Gasteiger charge is 2.28. The van der Waals surface area contributed by atoms with E-state index in [9.17, 15) is 0 Å². The van der Waals surface area contributed by atoms with E-state index in [4.69, 9.17) is 0 Å². The van der Waals surface area contributed by atoms with Gasteiger partial charge in [0.25, 0.3) is 0 Å². The number of aromatic nitrogens is 2. The minimum atomic E-state index is 0.659. The van der Waals surface area contributed by atoms with Gasteiger partial charge in [0.2, 0.25) is 0 Å². The molecule has 0 unspecified atom stereocenters. The zero-order chi connectivity index (χ0) is 8.84. The van der Waals surface area contributed by atoms with Gasteiger partial charge in [0, 0.05) is 23.7 Å². The van der Waals surface area contributed by atoms with Gasteiger partial charge in [-0.3, -0.25) is 0 Å². The predicted molar refractivity (Wildman–Crippen MR) is 50.9 cm³/mol. The van der Waals surface area contributed by atoms with Crippen LogP contribution in [0.15, 0.2) is 0 Å². The molecule has 13 heavy (non-hydrogen) atoms. The van der Waals surface area contributed by atoms with Gasteiger partial charge in [0.1, 0.15) is 11.6 Å². The molecule has 0 spiro atoms. The second kappa shape index (κ2) is 2.44. The van der Waals surface area contributed by atoms with Gasteiger partial charge in [-0.15, -0.1) is 0 Å². The van der Waals surface area contributed by atoms with E-state index in [1.165, 1.54) is 24.1 Å². The molecule has 1 aliphatic carbocycles. The number of hydrogen-bond donors (Lipinski definition) is 1. The minimum Gasteiger partial charge on any atom is -0.369 e. The molecule has 0 bridgehead atoms. The fourth-order valence-electron chi connectivity index (χ4n) is 1.89. The average Bonchev–Trinajstić information content (AvgIpc) is 2.85. The number of fused-ring (bicyclic) bond motifs is 1. The molecule has 68 valence electrons. The number of rotatable bonds is 1. The second-order valence-corrected chi connectivity index (χ2v) is 3.95. The van der Waals surface area contributed by atoms with Crippen LogP contribution in [-0.2, 0) is 6.42 Å². The van der Waals surface area contributed by atoms with Gasteiger partial charge in [0.15, 0.2) is 0 Å². The SMILES string of the molecule is Cc1nc(C2CC2)nc2c1CCN2. The van der Waals surface area contributed by atoms with E-state index in [1.54, 1.807) is 0 Å². The van der Waals surface area contributed by atoms with E-state index >= 15 is 0 Å². The highest BCUT2D eigenvalue weighted by Crippen LogP contribution is 2.39. The average molecular weight is 175 g/mol. The van der Waals surface area contributed by atoms with Crippen molar-refractivity contribution in [3.05, 3.63) is 17.1 Å². The lowest BCUT2D eigenvalue weighted by Crippen LogP contribution is -2.00. The van der Waals surface area contributed by atoms with Crippen LogP contribution in [0, 0.1) is 6.92 Å². The van der Waals surface area contributed by atoms with Crippen molar-refractivity contribution in [2.24, 2.45) is 0 Å². The standard InChI is InChI=1S/C10H13N3/c1-6-8-4-5-11-10(8)13-9(12-6)7-2-3-7/h7H,2-5H2,1H3,(H,11,12,13). The Labute approximate surface area is 77.6 Å². The summed E-state index contributed by atoms with van der Waals surface area (Å²) in [5.41, 5.74) is 2.50. The molecule has 3 nitrogen and oxygen atoms in total. The third-order valence-electron chi connectivity index (χ3n) is 2.84. The Morgan fingerprint density at radius 3 is 2.92 bits per heavy atom. The van der Waals surface area contributed by atoms with Crippen molar-refractivity contribution < 1.29 is 0 Å². The molecule has 1 saturated carbocycles. The van der Waals surface area contributed by atoms with Gasteiger partial charge in [-0.25, -0.2) is 9.97 Å². The molecule has 1 aromatic heterocycles. The van der Waals surface area contributed by atoms with Gasteiger partial charge in [-0.05, 0) is 26.2 Å². The second-order valence-electron chi connectivity index (χ2n) is 3.95. The molecule has 0 amide bonds. The van der Waals surface area contributed by atoms with E-state index in [0.29, 0.717) is 5.92 Å². The third kappa shape index (κ3) is 1.10. The van der Waals surface area contributed by atoms with E-state index in [2.05, 4.69) is 22.2 Å². The fourth-order valence-corrected chi connectivity index (χ4v) is 1.89. The summed E-state index contributed by atoms with van der Waals surface area (Å²) in [6, 6.07) is 0. The lowest BCUT2D eigenvalue weighted by atomic mass is 10.2. The number of hydrogen-bond acceptors (Lipinski definition) is 3. The van der Waals surface area contributed by atoms with E-state index in [1.807, 2.05) is 0 Å². The highest BCUT2D eigenvalue weighted by atomic mass is 15.1. The smallest absolute Gasteiger partial charge is 0.134 e. The molecule has 1 aromatic rings. The first-order valence-corrected chi connectivity index (χ1v) is 4.96. The van der Waals surface area contributed by atoms with Crippen LogP contribution < -0.4 is 5.32 Å². The Hall–Kier alpha value is -1.12. The molecular weight excluding hydrogens is 162 g/mol. The Bertz CT molecular complexity index is 355. The largest absolute Gasteiger partial charge is 0.369 e. The van der Waals surface area contributed by atoms with Crippen molar-refractivity contribution in [2.75, 3.05) is 11.9 Å². The summed E-state index contributed by atoms with van der Waals surface area (Å²) in [5, 5.41) is 3.31. The molecule has 2 aliphatic rings. The molecule has 0 aromatic carbocycles. The van der Waals surface area contributed by atoms with Gasteiger partial charge in [-0.2, -0.15) is 0 Å². The van der Waals surface area contributed by atoms with Crippen molar-refractivity contribution in [3.63, 3.8) is 0 Å². The minimum absolute atomic E-state index is 0.659. The van der Waals surface area contributed by atoms with Crippen LogP contribution in [0.3, 0.4) is 0 Å². The molecule has 3 heteroatoms. The Kier molecular flexibility index (Phi) is 1.37. The first kappa shape index (κ1) is 7.30. The number of nitrogens with one attached hydrogen (secondary N) is 1. The van der Waals surface area contributed by atoms with Crippen LogP contribution >= 0.6 is 0 Å². The van der Waals surface area contributed by atoms with Crippen LogP contribution in [0.2, 0.25) is 0 Å². The van der Waals surface area contributed by atoms with E-state index in [-0.39, 0.29) is 0 Å². The lowest BCUT2D eigenvalue weighted by molar-refractivity contribution is 0.900. The molecule has 0 radical (unpaired) electrons. The van der Waals surface area contributed by atoms with E-state index in [0.717, 1.165) is 24.6 Å². The number of anilines is 1. The maximum Gasteiger partial charge on any atom is 0.134 e. The summed E-state index contributed by atoms with van der Waals surface area (Å²) in [7, 11) is 0. The first-order chi connectivity index (χ1) is 6.34. The van der Waals surface area contributed by atoms with Crippen LogP contribution in [-0.4, -0.2) is 16.5 Å². The molecule has 3 rings (SSSR count). The summed E-state index contributed by atoms with van der Waals surface area (Å²) in [6.45, 7) is 3.12. The topological polar surface area (TPSA) is 37.8 Å². The lowest BCUT2D eigenvalue weighted by Gasteiger charge is -2.04. The molecule has 0 atom stereocenters. The Balaban J connectivity index is 2.10. The van der Waals surface area contributed by atoms with Gasteiger partial charge in [-0.1, -0.05) is 0 Å². The molecular formula is C10H13N3. The third-order valence-corrected chi connectivity index (χ3v) is 2.84. The van der Waals surface area contributed by atoms with E-state index < -0.39 is 0 Å². The van der Waals surface area contributed by atoms with Crippen molar-refractivity contribution >= 4 is 5.82 Å². The molecule has 2 heterocycles. The number of aryl methyl sites for hydroxylation is 1. The van der Waals surface area contributed by atoms with Crippen LogP contribution in [0.25, 0.3) is 0 Å². The molecule has 1 fully saturated rings. The quantitative estimate of drug-likeness (QED) is 0.705. The predicted octanol–water partition coefficient (Wildman–Crippen LogP) is 1.63. The highest BCUT2D eigenvalue weighted by molar-refractivity contribution is 5.51. The molecule has 0 saturated heterocycles. The summed E-state index contributed by atoms with van der Waals surface area (Å²) in [4.78, 5) is 9.11. The first-order valence-electron chi connectivity index (χ1n) is 4.96. The van der Waals surface area contributed by atoms with Gasteiger partial charge >= 0.3 is 0 Å². The maximum atomic E-state index is 4.56. The fraction of sp³-hybridized carbons (Fsp3) is 0.600. The molecule has 1 aliphatic heterocycles. The van der Waals surface area contributed by atoms with Crippen molar-refractivity contribution in [2.45, 2.75) is 32.1 Å². The van der Waals surface area contributed by atoms with Crippen LogP contribution in [0.5, 0.6) is 0 Å². The summed E-state index contributed by atoms with van der Waals surface area (Å²) in [6.07, 6.45) is 3.64. The van der Waals surface area contributed by atoms with Crippen molar-refractivity contribution in [1.82, 2.24) is 9.97 Å². The van der Waals surface area contributed by atoms with Crippen LogP contribution in [0.4, 0.5) is 5.82 Å². The van der Waals surface area contributed by atoms with Gasteiger partial charge < -0.3 is 5.32 Å². The summed E-state index contributed by atoms with van der Waals surface area (Å²) < 4.78 is 0. The maximum absolute atomic E-state index is 4.56. The van der Waals surface area contributed by atoms with Gasteiger partial charge in [0.05, 0.1) is 0 Å². The van der Waals surface area contributed by atoms with Crippen LogP contribution in [0.1, 0.15) is 35.8 Å². The summed E-state index contributed by atoms with van der Waals surface area (Å²) in [5.74, 6) is 2.81. The Morgan fingerprint density at radius 2 is 2.15 bits per heavy atom. The normalized spacial score (nSPS) is 19.8. The zero-order valence-corrected chi connectivity index (χ0v) is 7.80. The van der Waals surface area contributed by atoms with Crippen molar-refractivity contribution in [3.8, 4) is 0 Å². The van der Waals surface area contributed by atoms with Crippen molar-refractivity contribution in [1.29, 1.82) is 0 Å². The molecule has 1 N–H and O–H groups in total. The number of nitrogens with zero attached hydrogens (tertiary/aromatic N) is 2. The monoisotopic (exact) mass is 175 g/mol. The summed E-state index contributed by atoms with van der Waals surface area (Å²) >= 11 is 0.